The molecule has 0 unspecified atom stereocenters. The first-order valence-electron chi connectivity index (χ1n) is 9.18. The summed E-state index contributed by atoms with van der Waals surface area (Å²) in [6.45, 7) is 7.45. The van der Waals surface area contributed by atoms with E-state index in [9.17, 15) is 4.79 Å². The van der Waals surface area contributed by atoms with Crippen molar-refractivity contribution in [3.8, 4) is 0 Å². The molecule has 0 radical (unpaired) electrons. The predicted octanol–water partition coefficient (Wildman–Crippen LogP) is 2.40. The number of piperazine rings is 1. The molecular formula is C19H24ClN5O. The first kappa shape index (κ1) is 17.2. The van der Waals surface area contributed by atoms with Gasteiger partial charge in [0.1, 0.15) is 5.82 Å². The average molecular weight is 374 g/mol. The molecule has 4 rings (SSSR count). The zero-order chi connectivity index (χ0) is 18.1. The van der Waals surface area contributed by atoms with Gasteiger partial charge < -0.3 is 14.7 Å². The number of benzene rings is 1. The van der Waals surface area contributed by atoms with Gasteiger partial charge in [0.05, 0.1) is 12.2 Å². The van der Waals surface area contributed by atoms with Crippen LogP contribution >= 0.6 is 11.6 Å². The summed E-state index contributed by atoms with van der Waals surface area (Å²) in [5.41, 5.74) is 2.13. The molecule has 1 aromatic carbocycles. The molecule has 0 saturated carbocycles. The number of rotatable bonds is 3. The van der Waals surface area contributed by atoms with Gasteiger partial charge in [0.25, 0.3) is 0 Å². The number of hydrogen-bond donors (Lipinski definition) is 0. The average Bonchev–Trinajstić information content (AvgIpc) is 3.03. The second-order valence-corrected chi connectivity index (χ2v) is 7.43. The molecule has 2 aliphatic rings. The predicted molar refractivity (Wildman–Crippen MR) is 104 cm³/mol. The number of halogens is 1. The summed E-state index contributed by atoms with van der Waals surface area (Å²) < 4.78 is 2.02. The Morgan fingerprint density at radius 3 is 2.69 bits per heavy atom. The number of fused-ring (bicyclic) bond motifs is 1. The lowest BCUT2D eigenvalue weighted by Crippen LogP contribution is -2.52. The van der Waals surface area contributed by atoms with Crippen molar-refractivity contribution in [2.45, 2.75) is 19.9 Å². The van der Waals surface area contributed by atoms with E-state index in [4.69, 9.17) is 11.6 Å². The molecule has 2 aliphatic heterocycles. The summed E-state index contributed by atoms with van der Waals surface area (Å²) in [7, 11) is 0. The molecular weight excluding hydrogens is 350 g/mol. The van der Waals surface area contributed by atoms with Crippen molar-refractivity contribution in [3.63, 3.8) is 0 Å². The van der Waals surface area contributed by atoms with Crippen LogP contribution in [0.1, 0.15) is 12.1 Å². The second-order valence-electron chi connectivity index (χ2n) is 6.99. The zero-order valence-corrected chi connectivity index (χ0v) is 15.8. The van der Waals surface area contributed by atoms with Crippen LogP contribution in [0.4, 0.5) is 11.5 Å². The van der Waals surface area contributed by atoms with Crippen LogP contribution < -0.4 is 9.80 Å². The maximum Gasteiger partial charge on any atom is 0.242 e. The molecule has 0 bridgehead atoms. The van der Waals surface area contributed by atoms with E-state index in [1.54, 1.807) is 0 Å². The van der Waals surface area contributed by atoms with Crippen molar-refractivity contribution >= 4 is 29.0 Å². The van der Waals surface area contributed by atoms with Crippen LogP contribution in [0.3, 0.4) is 0 Å². The fourth-order valence-corrected chi connectivity index (χ4v) is 3.97. The van der Waals surface area contributed by atoms with Crippen LogP contribution in [0.2, 0.25) is 5.02 Å². The van der Waals surface area contributed by atoms with Crippen molar-refractivity contribution in [1.29, 1.82) is 0 Å². The van der Waals surface area contributed by atoms with Crippen LogP contribution in [0.15, 0.2) is 30.3 Å². The molecule has 1 aromatic heterocycles. The maximum absolute atomic E-state index is 12.8. The van der Waals surface area contributed by atoms with Crippen molar-refractivity contribution in [3.05, 3.63) is 41.0 Å². The fourth-order valence-electron chi connectivity index (χ4n) is 3.79. The van der Waals surface area contributed by atoms with E-state index in [-0.39, 0.29) is 5.91 Å². The highest BCUT2D eigenvalue weighted by molar-refractivity contribution is 6.30. The Balaban J connectivity index is 1.36. The van der Waals surface area contributed by atoms with Gasteiger partial charge in [-0.2, -0.15) is 5.10 Å². The second kappa shape index (κ2) is 7.19. The van der Waals surface area contributed by atoms with Gasteiger partial charge in [-0.3, -0.25) is 4.79 Å². The highest BCUT2D eigenvalue weighted by Crippen LogP contribution is 2.23. The Morgan fingerprint density at radius 2 is 1.92 bits per heavy atom. The molecule has 2 aromatic rings. The fraction of sp³-hybridized carbons (Fsp3) is 0.474. The van der Waals surface area contributed by atoms with Crippen LogP contribution in [-0.4, -0.2) is 59.9 Å². The van der Waals surface area contributed by atoms with E-state index < -0.39 is 0 Å². The summed E-state index contributed by atoms with van der Waals surface area (Å²) in [6.07, 6.45) is 1.03. The minimum Gasteiger partial charge on any atom is -0.368 e. The minimum atomic E-state index is 0.197. The van der Waals surface area contributed by atoms with Crippen molar-refractivity contribution in [1.82, 2.24) is 14.7 Å². The molecule has 0 atom stereocenters. The Kier molecular flexibility index (Phi) is 4.76. The molecule has 26 heavy (non-hydrogen) atoms. The van der Waals surface area contributed by atoms with Crippen LogP contribution in [0, 0.1) is 6.92 Å². The first-order valence-corrected chi connectivity index (χ1v) is 9.55. The van der Waals surface area contributed by atoms with Gasteiger partial charge in [-0.15, -0.1) is 0 Å². The minimum absolute atomic E-state index is 0.197. The smallest absolute Gasteiger partial charge is 0.242 e. The van der Waals surface area contributed by atoms with E-state index in [0.29, 0.717) is 6.54 Å². The third-order valence-corrected chi connectivity index (χ3v) is 5.37. The van der Waals surface area contributed by atoms with E-state index in [0.717, 1.165) is 67.9 Å². The molecule has 0 N–H and O–H groups in total. The van der Waals surface area contributed by atoms with Crippen LogP contribution in [0.25, 0.3) is 0 Å². The molecule has 138 valence electrons. The number of aryl methyl sites for hydroxylation is 2. The van der Waals surface area contributed by atoms with E-state index in [1.807, 2.05) is 34.7 Å². The SMILES string of the molecule is Cc1cc2n(n1)CCCN2CC(=O)N1CCN(c2cccc(Cl)c2)CC1. The van der Waals surface area contributed by atoms with E-state index >= 15 is 0 Å². The van der Waals surface area contributed by atoms with Crippen LogP contribution in [-0.2, 0) is 11.3 Å². The van der Waals surface area contributed by atoms with Gasteiger partial charge in [0.2, 0.25) is 5.91 Å². The number of aromatic nitrogens is 2. The normalized spacial score (nSPS) is 17.4. The van der Waals surface area contributed by atoms with Gasteiger partial charge in [-0.1, -0.05) is 17.7 Å². The van der Waals surface area contributed by atoms with Crippen molar-refractivity contribution in [2.75, 3.05) is 49.1 Å². The largest absolute Gasteiger partial charge is 0.368 e. The summed E-state index contributed by atoms with van der Waals surface area (Å²) in [4.78, 5) is 19.2. The number of carbonyl (C=O) groups excluding carboxylic acids is 1. The van der Waals surface area contributed by atoms with Gasteiger partial charge in [0, 0.05) is 56.0 Å². The Labute approximate surface area is 158 Å². The van der Waals surface area contributed by atoms with Gasteiger partial charge in [0.15, 0.2) is 0 Å². The standard InChI is InChI=1S/C19H24ClN5O/c1-15-12-18-24(6-3-7-25(18)21-15)14-19(26)23-10-8-22(9-11-23)17-5-2-4-16(20)13-17/h2,4-5,12-13H,3,6-11,14H2,1H3. The third kappa shape index (κ3) is 3.51. The number of amides is 1. The van der Waals surface area contributed by atoms with Gasteiger partial charge >= 0.3 is 0 Å². The summed E-state index contributed by atoms with van der Waals surface area (Å²) >= 11 is 6.09. The maximum atomic E-state index is 12.8. The van der Waals surface area contributed by atoms with Crippen LogP contribution in [0.5, 0.6) is 0 Å². The van der Waals surface area contributed by atoms with Crippen molar-refractivity contribution in [2.24, 2.45) is 0 Å². The molecule has 1 fully saturated rings. The Hall–Kier alpha value is -2.21. The van der Waals surface area contributed by atoms with Gasteiger partial charge in [-0.25, -0.2) is 4.68 Å². The summed E-state index contributed by atoms with van der Waals surface area (Å²) in [6, 6.07) is 9.98. The lowest BCUT2D eigenvalue weighted by Gasteiger charge is -2.37. The number of anilines is 2. The molecule has 0 spiro atoms. The monoisotopic (exact) mass is 373 g/mol. The molecule has 1 amide bonds. The number of hydrogen-bond acceptors (Lipinski definition) is 4. The lowest BCUT2D eigenvalue weighted by atomic mass is 10.2. The first-order chi connectivity index (χ1) is 12.6. The molecule has 0 aliphatic carbocycles. The lowest BCUT2D eigenvalue weighted by molar-refractivity contribution is -0.130. The number of nitrogens with zero attached hydrogens (tertiary/aromatic N) is 5. The van der Waals surface area contributed by atoms with E-state index in [2.05, 4.69) is 27.0 Å². The van der Waals surface area contributed by atoms with Gasteiger partial charge in [-0.05, 0) is 31.5 Å². The highest BCUT2D eigenvalue weighted by Gasteiger charge is 2.26. The van der Waals surface area contributed by atoms with Crippen molar-refractivity contribution < 1.29 is 4.79 Å². The quantitative estimate of drug-likeness (QED) is 0.828. The number of carbonyl (C=O) groups is 1. The highest BCUT2D eigenvalue weighted by atomic mass is 35.5. The zero-order valence-electron chi connectivity index (χ0n) is 15.1. The third-order valence-electron chi connectivity index (χ3n) is 5.13. The molecule has 3 heterocycles. The Bertz CT molecular complexity index is 797. The summed E-state index contributed by atoms with van der Waals surface area (Å²) in [5, 5.41) is 5.25. The molecule has 6 nitrogen and oxygen atoms in total. The summed E-state index contributed by atoms with van der Waals surface area (Å²) in [5.74, 6) is 1.27. The molecule has 1 saturated heterocycles. The Morgan fingerprint density at radius 1 is 1.12 bits per heavy atom. The molecule has 7 heteroatoms. The van der Waals surface area contributed by atoms with E-state index in [1.165, 1.54) is 0 Å². The topological polar surface area (TPSA) is 44.6 Å².